The van der Waals surface area contributed by atoms with Gasteiger partial charge >= 0.3 is 169 Å². The van der Waals surface area contributed by atoms with Crippen molar-refractivity contribution in [1.29, 1.82) is 0 Å². The Hall–Kier alpha value is 3.49. The van der Waals surface area contributed by atoms with Gasteiger partial charge in [0.1, 0.15) is 0 Å². The van der Waals surface area contributed by atoms with Crippen LogP contribution in [0.15, 0.2) is 0 Å². The average Bonchev–Trinajstić information content (AvgIpc) is 1.76. The molecule has 0 saturated heterocycles. The van der Waals surface area contributed by atoms with Crippen LogP contribution in [0.1, 0.15) is 0 Å². The van der Waals surface area contributed by atoms with Gasteiger partial charge in [-0.2, -0.15) is 0 Å². The maximum atomic E-state index is 8.58. The molecule has 18 heavy (non-hydrogen) atoms. The summed E-state index contributed by atoms with van der Waals surface area (Å²) in [5.74, 6) is 0. The van der Waals surface area contributed by atoms with E-state index in [1.54, 1.807) is 0 Å². The second kappa shape index (κ2) is 32.4. The molecule has 0 aliphatic rings. The Kier molecular flexibility index (Phi) is 67.8. The van der Waals surface area contributed by atoms with Gasteiger partial charge in [0, 0.05) is 0 Å². The van der Waals surface area contributed by atoms with E-state index < -0.39 is 74.5 Å². The van der Waals surface area contributed by atoms with Gasteiger partial charge in [0.2, 0.25) is 0 Å². The summed E-state index contributed by atoms with van der Waals surface area (Å²) in [6.07, 6.45) is 0. The van der Waals surface area contributed by atoms with Crippen LogP contribution in [-0.4, -0.2) is 0 Å². The van der Waals surface area contributed by atoms with E-state index in [4.69, 9.17) is 42.8 Å². The van der Waals surface area contributed by atoms with Crippen molar-refractivity contribution in [3.05, 3.63) is 0 Å². The van der Waals surface area contributed by atoms with Crippen LogP contribution < -0.4 is 29.5 Å². The van der Waals surface area contributed by atoms with E-state index in [0.29, 0.717) is 0 Å². The first-order valence-electron chi connectivity index (χ1n) is 2.45. The molecule has 0 bridgehead atoms. The maximum absolute atomic E-state index is 8.58. The molecule has 0 aromatic carbocycles. The van der Waals surface area contributed by atoms with E-state index in [9.17, 15) is 0 Å². The number of hydrogen-bond donors (Lipinski definition) is 0. The average molecular weight is 653 g/mol. The van der Waals surface area contributed by atoms with Crippen molar-refractivity contribution in [2.45, 2.75) is 0 Å². The zero-order valence-electron chi connectivity index (χ0n) is 7.90. The Balaban J connectivity index is -0.0000000257. The zero-order chi connectivity index (χ0) is 14.3. The predicted molar refractivity (Wildman–Crippen MR) is 2.75 cm³/mol. The summed E-state index contributed by atoms with van der Waals surface area (Å²) >= 11 is -16.3. The molecule has 0 heterocycles. The van der Waals surface area contributed by atoms with E-state index in [2.05, 4.69) is 0 Å². The summed E-state index contributed by atoms with van der Waals surface area (Å²) in [6.45, 7) is 0. The van der Waals surface area contributed by atoms with Crippen LogP contribution in [0.4, 0.5) is 0 Å². The van der Waals surface area contributed by atoms with Crippen molar-refractivity contribution in [2.75, 3.05) is 0 Å². The molecule has 0 atom stereocenters. The van der Waals surface area contributed by atoms with E-state index >= 15 is 0 Å². The monoisotopic (exact) mass is 654 g/mol. The molecule has 0 aliphatic carbocycles. The van der Waals surface area contributed by atoms with Crippen LogP contribution in [0.25, 0.3) is 0 Å². The van der Waals surface area contributed by atoms with E-state index in [0.717, 1.165) is 0 Å². The van der Waals surface area contributed by atoms with Crippen LogP contribution in [0.5, 0.6) is 0 Å². The first kappa shape index (κ1) is 37.6. The molecular formula is HfO12Ti4Zr. The number of rotatable bonds is 0. The summed E-state index contributed by atoms with van der Waals surface area (Å²) in [7, 11) is 0. The van der Waals surface area contributed by atoms with E-state index in [1.165, 1.54) is 0 Å². The van der Waals surface area contributed by atoms with Gasteiger partial charge in [-0.3, -0.25) is 0 Å². The van der Waals surface area contributed by atoms with Crippen molar-refractivity contribution >= 4 is 0 Å². The molecule has 0 amide bonds. The van der Waals surface area contributed by atoms with Crippen molar-refractivity contribution in [3.8, 4) is 0 Å². The van der Waals surface area contributed by atoms with Crippen molar-refractivity contribution in [2.24, 2.45) is 0 Å². The van der Waals surface area contributed by atoms with Gasteiger partial charge in [-0.25, -0.2) is 0 Å². The van der Waals surface area contributed by atoms with Gasteiger partial charge in [-0.15, -0.1) is 0 Å². The van der Waals surface area contributed by atoms with Gasteiger partial charge in [0.05, 0.1) is 0 Å². The largest absolute Gasteiger partial charge is 4.00 e. The summed E-state index contributed by atoms with van der Waals surface area (Å²) in [4.78, 5) is 0. The summed E-state index contributed by atoms with van der Waals surface area (Å²) in [6, 6.07) is 0. The molecule has 0 aromatic heterocycles. The zero-order valence-corrected chi connectivity index (χ0v) is 20.2. The molecule has 0 aliphatic heterocycles. The molecule has 96 valence electrons. The molecule has 0 spiro atoms. The quantitative estimate of drug-likeness (QED) is 0.221. The second-order valence-corrected chi connectivity index (χ2v) is 4.12. The van der Waals surface area contributed by atoms with E-state index in [-0.39, 0.29) is 52.0 Å². The van der Waals surface area contributed by atoms with Crippen molar-refractivity contribution in [1.82, 2.24) is 0 Å². The first-order valence-corrected chi connectivity index (χ1v) is 10.1. The minimum atomic E-state index is -4.08. The first-order chi connectivity index (χ1) is 6.93. The molecule has 18 heteroatoms. The minimum absolute atomic E-state index is 0. The molecule has 0 unspecified atom stereocenters. The van der Waals surface area contributed by atoms with Gasteiger partial charge in [0.25, 0.3) is 0 Å². The second-order valence-electron chi connectivity index (χ2n) is 1.00. The molecule has 0 saturated carbocycles. The standard InChI is InChI=1S/Hf.12O.4Ti.Zr/q+4;;;;;8*-1;;;;;+4. The molecule has 0 rings (SSSR count). The summed E-state index contributed by atoms with van der Waals surface area (Å²) in [5.41, 5.74) is 0. The molecule has 0 radical (unpaired) electrons. The van der Waals surface area contributed by atoms with Crippen molar-refractivity contribution in [3.63, 3.8) is 0 Å². The SMILES string of the molecule is [Hf+4].[O]=[Ti]([O-])[O-].[O]=[Ti]([O-])[O-].[O]=[Ti]([O-])[O-].[O]=[Ti]([O-])[O-].[Zr+4]. The molecule has 0 fully saturated rings. The Morgan fingerprint density at radius 2 is 0.444 bits per heavy atom. The van der Waals surface area contributed by atoms with Crippen LogP contribution >= 0.6 is 0 Å². The fraction of sp³-hybridized carbons (Fsp3) is 0. The Bertz CT molecular complexity index is 164. The smallest absolute Gasteiger partial charge is 4.00 e. The third-order valence-electron chi connectivity index (χ3n) is 0. The van der Waals surface area contributed by atoms with E-state index in [1.807, 2.05) is 0 Å². The Morgan fingerprint density at radius 1 is 0.444 bits per heavy atom. The third-order valence-corrected chi connectivity index (χ3v) is 0. The number of hydrogen-bond acceptors (Lipinski definition) is 12. The molecule has 0 N–H and O–H groups in total. The van der Waals surface area contributed by atoms with Gasteiger partial charge < -0.3 is 0 Å². The topological polar surface area (TPSA) is 253 Å². The Morgan fingerprint density at radius 3 is 0.444 bits per heavy atom. The molecular weight excluding hydrogens is 653 g/mol. The maximum Gasteiger partial charge on any atom is 4.00 e. The molecule has 12 nitrogen and oxygen atoms in total. The fourth-order valence-corrected chi connectivity index (χ4v) is 0. The molecule has 0 aromatic rings. The van der Waals surface area contributed by atoms with Crippen molar-refractivity contribution < 1.29 is 169 Å². The predicted octanol–water partition coefficient (Wildman–Crippen LogP) is -10.0. The van der Waals surface area contributed by atoms with Gasteiger partial charge in [-0.1, -0.05) is 0 Å². The normalized spacial score (nSPS) is 5.78. The van der Waals surface area contributed by atoms with Gasteiger partial charge in [0.15, 0.2) is 0 Å². The minimum Gasteiger partial charge on any atom is 4.00 e. The summed E-state index contributed by atoms with van der Waals surface area (Å²) in [5, 5.41) is 0. The fourth-order valence-electron chi connectivity index (χ4n) is 0. The third kappa shape index (κ3) is 547. The van der Waals surface area contributed by atoms with Crippen LogP contribution in [-0.2, 0) is 140 Å². The van der Waals surface area contributed by atoms with Crippen LogP contribution in [0.3, 0.4) is 0 Å². The van der Waals surface area contributed by atoms with Crippen LogP contribution in [0, 0.1) is 0 Å². The summed E-state index contributed by atoms with van der Waals surface area (Å²) < 4.78 is 103. The van der Waals surface area contributed by atoms with Crippen LogP contribution in [0.2, 0.25) is 0 Å². The van der Waals surface area contributed by atoms with Gasteiger partial charge in [-0.05, 0) is 0 Å². The Labute approximate surface area is 166 Å².